The van der Waals surface area contributed by atoms with Crippen LogP contribution in [0.1, 0.15) is 31.7 Å². The van der Waals surface area contributed by atoms with E-state index in [-0.39, 0.29) is 24.3 Å². The largest absolute Gasteiger partial charge is 0.463 e. The van der Waals surface area contributed by atoms with E-state index >= 15 is 0 Å². The zero-order chi connectivity index (χ0) is 18.9. The van der Waals surface area contributed by atoms with Crippen LogP contribution in [0.5, 0.6) is 0 Å². The molecule has 0 bridgehead atoms. The Morgan fingerprint density at radius 1 is 1.46 bits per heavy atom. The normalized spacial score (nSPS) is 26.0. The second kappa shape index (κ2) is 7.69. The third-order valence-corrected chi connectivity index (χ3v) is 6.32. The first-order valence-corrected chi connectivity index (χ1v) is 9.71. The average molecular weight is 492 g/mol. The molecule has 2 N–H and O–H groups in total. The average Bonchev–Trinajstić information content (AvgIpc) is 2.57. The third-order valence-electron chi connectivity index (χ3n) is 4.69. The Balaban J connectivity index is 1.99. The van der Waals surface area contributed by atoms with Crippen LogP contribution in [0.4, 0.5) is 4.79 Å². The number of hydrogen-bond donors (Lipinski definition) is 2. The van der Waals surface area contributed by atoms with Crippen LogP contribution in [0, 0.1) is 3.57 Å². The van der Waals surface area contributed by atoms with E-state index in [1.54, 1.807) is 0 Å². The SMILES string of the molecule is C[C@@]1(c2cccc(I)c2Cl)CC(=O)N(C2CCOCC2)/C(=N/C(=O)O)N1. The third kappa shape index (κ3) is 3.81. The van der Waals surface area contributed by atoms with Crippen molar-refractivity contribution in [2.24, 2.45) is 4.99 Å². The molecule has 26 heavy (non-hydrogen) atoms. The summed E-state index contributed by atoms with van der Waals surface area (Å²) in [7, 11) is 0. The zero-order valence-electron chi connectivity index (χ0n) is 14.2. The molecule has 1 atom stereocenters. The van der Waals surface area contributed by atoms with Crippen molar-refractivity contribution in [1.82, 2.24) is 10.2 Å². The highest BCUT2D eigenvalue weighted by Gasteiger charge is 2.44. The van der Waals surface area contributed by atoms with Crippen molar-refractivity contribution < 1.29 is 19.4 Å². The number of halogens is 2. The van der Waals surface area contributed by atoms with E-state index in [0.29, 0.717) is 31.1 Å². The van der Waals surface area contributed by atoms with E-state index in [0.717, 1.165) is 9.13 Å². The van der Waals surface area contributed by atoms with Gasteiger partial charge in [0.15, 0.2) is 0 Å². The van der Waals surface area contributed by atoms with Gasteiger partial charge in [-0.2, -0.15) is 0 Å². The summed E-state index contributed by atoms with van der Waals surface area (Å²) in [6, 6.07) is 5.45. The van der Waals surface area contributed by atoms with E-state index in [4.69, 9.17) is 16.3 Å². The molecule has 0 unspecified atom stereocenters. The molecular formula is C17H19ClIN3O4. The fourth-order valence-electron chi connectivity index (χ4n) is 3.44. The van der Waals surface area contributed by atoms with Gasteiger partial charge < -0.3 is 15.2 Å². The predicted molar refractivity (Wildman–Crippen MR) is 105 cm³/mol. The van der Waals surface area contributed by atoms with Gasteiger partial charge in [-0.1, -0.05) is 23.7 Å². The van der Waals surface area contributed by atoms with Gasteiger partial charge in [0.1, 0.15) is 0 Å². The highest BCUT2D eigenvalue weighted by Crippen LogP contribution is 2.37. The van der Waals surface area contributed by atoms with Crippen molar-refractivity contribution in [3.63, 3.8) is 0 Å². The molecule has 9 heteroatoms. The number of ether oxygens (including phenoxy) is 1. The summed E-state index contributed by atoms with van der Waals surface area (Å²) in [4.78, 5) is 29.4. The lowest BCUT2D eigenvalue weighted by Crippen LogP contribution is -2.63. The molecule has 1 aromatic rings. The summed E-state index contributed by atoms with van der Waals surface area (Å²) in [6.45, 7) is 2.91. The smallest absolute Gasteiger partial charge is 0.434 e. The monoisotopic (exact) mass is 491 g/mol. The minimum Gasteiger partial charge on any atom is -0.463 e. The molecule has 0 radical (unpaired) electrons. The summed E-state index contributed by atoms with van der Waals surface area (Å²) in [5.41, 5.74) is -0.102. The van der Waals surface area contributed by atoms with Crippen molar-refractivity contribution in [3.8, 4) is 0 Å². The molecule has 1 aromatic carbocycles. The lowest BCUT2D eigenvalue weighted by molar-refractivity contribution is -0.133. The first kappa shape index (κ1) is 19.4. The van der Waals surface area contributed by atoms with Crippen molar-refractivity contribution >= 4 is 52.2 Å². The summed E-state index contributed by atoms with van der Waals surface area (Å²) in [6.07, 6.45) is 0.0952. The molecule has 7 nitrogen and oxygen atoms in total. The van der Waals surface area contributed by atoms with Crippen molar-refractivity contribution in [3.05, 3.63) is 32.4 Å². The maximum atomic E-state index is 13.0. The predicted octanol–water partition coefficient (Wildman–Crippen LogP) is 3.19. The molecule has 2 aliphatic rings. The molecule has 0 spiro atoms. The maximum Gasteiger partial charge on any atom is 0.434 e. The quantitative estimate of drug-likeness (QED) is 0.620. The molecule has 2 aliphatic heterocycles. The van der Waals surface area contributed by atoms with Crippen LogP contribution in [-0.2, 0) is 15.1 Å². The molecular weight excluding hydrogens is 473 g/mol. The summed E-state index contributed by atoms with van der Waals surface area (Å²) in [5, 5.41) is 12.9. The number of carboxylic acid groups (broad SMARTS) is 1. The number of carbonyl (C=O) groups excluding carboxylic acids is 1. The summed E-state index contributed by atoms with van der Waals surface area (Å²) < 4.78 is 6.21. The number of benzene rings is 1. The minimum absolute atomic E-state index is 0.0538. The Hall–Kier alpha value is -1.39. The molecule has 2 fully saturated rings. The number of guanidine groups is 1. The van der Waals surface area contributed by atoms with E-state index in [2.05, 4.69) is 32.9 Å². The highest BCUT2D eigenvalue weighted by atomic mass is 127. The van der Waals surface area contributed by atoms with Crippen LogP contribution in [0.3, 0.4) is 0 Å². The summed E-state index contributed by atoms with van der Waals surface area (Å²) in [5.74, 6) is -0.119. The van der Waals surface area contributed by atoms with E-state index < -0.39 is 11.6 Å². The van der Waals surface area contributed by atoms with E-state index in [1.165, 1.54) is 4.90 Å². The van der Waals surface area contributed by atoms with Gasteiger partial charge in [-0.15, -0.1) is 4.99 Å². The Labute approximate surface area is 169 Å². The maximum absolute atomic E-state index is 13.0. The minimum atomic E-state index is -1.35. The first-order valence-electron chi connectivity index (χ1n) is 8.26. The van der Waals surface area contributed by atoms with Crippen LogP contribution in [0.15, 0.2) is 23.2 Å². The fraction of sp³-hybridized carbons (Fsp3) is 0.471. The van der Waals surface area contributed by atoms with Crippen LogP contribution in [0.25, 0.3) is 0 Å². The number of carbonyl (C=O) groups is 2. The lowest BCUT2D eigenvalue weighted by atomic mass is 9.86. The van der Waals surface area contributed by atoms with Gasteiger partial charge >= 0.3 is 6.09 Å². The highest BCUT2D eigenvalue weighted by molar-refractivity contribution is 14.1. The Morgan fingerprint density at radius 2 is 2.15 bits per heavy atom. The molecule has 140 valence electrons. The fourth-order valence-corrected chi connectivity index (χ4v) is 4.27. The van der Waals surface area contributed by atoms with Crippen LogP contribution >= 0.6 is 34.2 Å². The van der Waals surface area contributed by atoms with E-state index in [9.17, 15) is 14.7 Å². The van der Waals surface area contributed by atoms with Gasteiger partial charge in [-0.3, -0.25) is 9.69 Å². The molecule has 0 aromatic heterocycles. The molecule has 2 heterocycles. The number of hydrogen-bond acceptors (Lipinski definition) is 3. The van der Waals surface area contributed by atoms with Crippen molar-refractivity contribution in [2.45, 2.75) is 37.8 Å². The molecule has 0 saturated carbocycles. The number of rotatable bonds is 2. The topological polar surface area (TPSA) is 91.2 Å². The Bertz CT molecular complexity index is 766. The van der Waals surface area contributed by atoms with Gasteiger partial charge in [0, 0.05) is 22.8 Å². The van der Waals surface area contributed by atoms with Crippen molar-refractivity contribution in [2.75, 3.05) is 13.2 Å². The van der Waals surface area contributed by atoms with Gasteiger partial charge in [0.25, 0.3) is 0 Å². The lowest BCUT2D eigenvalue weighted by Gasteiger charge is -2.45. The summed E-state index contributed by atoms with van der Waals surface area (Å²) >= 11 is 8.59. The Kier molecular flexibility index (Phi) is 5.73. The van der Waals surface area contributed by atoms with Crippen LogP contribution < -0.4 is 5.32 Å². The molecule has 3 rings (SSSR count). The van der Waals surface area contributed by atoms with Gasteiger partial charge in [-0.25, -0.2) is 4.79 Å². The molecule has 0 aliphatic carbocycles. The standard InChI is InChI=1S/C17H19ClIN3O4/c1-17(11-3-2-4-12(19)14(11)18)9-13(23)22(10-5-7-26-8-6-10)15(21-17)20-16(24)25/h2-4,10H,5-9H2,1H3,(H,20,21)(H,24,25)/t17-/m0/s1. The van der Waals surface area contributed by atoms with Crippen LogP contribution in [0.2, 0.25) is 5.02 Å². The number of aliphatic imine (C=N–C) groups is 1. The number of amides is 2. The Morgan fingerprint density at radius 3 is 2.81 bits per heavy atom. The molecule has 2 saturated heterocycles. The van der Waals surface area contributed by atoms with Crippen LogP contribution in [-0.4, -0.2) is 47.2 Å². The number of nitrogens with one attached hydrogen (secondary N) is 1. The molecule has 2 amide bonds. The van der Waals surface area contributed by atoms with Gasteiger partial charge in [0.2, 0.25) is 11.9 Å². The second-order valence-corrected chi connectivity index (χ2v) is 8.10. The number of nitrogens with zero attached hydrogens (tertiary/aromatic N) is 2. The van der Waals surface area contributed by atoms with E-state index in [1.807, 2.05) is 25.1 Å². The zero-order valence-corrected chi connectivity index (χ0v) is 17.1. The van der Waals surface area contributed by atoms with Gasteiger partial charge in [-0.05, 0) is 54.0 Å². The van der Waals surface area contributed by atoms with Crippen molar-refractivity contribution in [1.29, 1.82) is 0 Å². The van der Waals surface area contributed by atoms with Gasteiger partial charge in [0.05, 0.1) is 17.0 Å². The first-order chi connectivity index (χ1) is 12.3. The second-order valence-electron chi connectivity index (χ2n) is 6.56.